The van der Waals surface area contributed by atoms with Crippen molar-refractivity contribution in [3.63, 3.8) is 0 Å². The molecule has 183 valence electrons. The second-order valence-electron chi connectivity index (χ2n) is 10.3. The van der Waals surface area contributed by atoms with Gasteiger partial charge in [0, 0.05) is 0 Å². The molecule has 0 aromatic rings. The molecule has 3 rings (SSSR count). The summed E-state index contributed by atoms with van der Waals surface area (Å²) in [5, 5.41) is 1.63. The Balaban J connectivity index is 0.00000113. The number of allylic oxidation sites excluding steroid dienone is 1. The minimum Gasteiger partial charge on any atom is -0.0683 e. The molecule has 0 aromatic carbocycles. The third-order valence-corrected chi connectivity index (χ3v) is 10.3. The topological polar surface area (TPSA) is 20.2 Å². The Morgan fingerprint density at radius 2 is 1.77 bits per heavy atom. The molecule has 0 amide bonds. The molecule has 3 aliphatic rings. The van der Waals surface area contributed by atoms with Crippen molar-refractivity contribution in [2.24, 2.45) is 34.5 Å². The van der Waals surface area contributed by atoms with Crippen LogP contribution in [-0.4, -0.2) is 25.8 Å². The van der Waals surface area contributed by atoms with Crippen LogP contribution in [0.15, 0.2) is 12.7 Å². The molecule has 7 unspecified atom stereocenters. The predicted molar refractivity (Wildman–Crippen MR) is 143 cm³/mol. The van der Waals surface area contributed by atoms with Crippen molar-refractivity contribution in [3.05, 3.63) is 12.7 Å². The van der Waals surface area contributed by atoms with Crippen LogP contribution >= 0.6 is 12.0 Å². The van der Waals surface area contributed by atoms with E-state index in [9.17, 15) is 4.55 Å². The summed E-state index contributed by atoms with van der Waals surface area (Å²) in [4.78, 5) is 0. The van der Waals surface area contributed by atoms with Crippen LogP contribution in [0.25, 0.3) is 0 Å². The van der Waals surface area contributed by atoms with E-state index < -0.39 is 0 Å². The first-order valence-corrected chi connectivity index (χ1v) is 15.5. The molecule has 0 aliphatic heterocycles. The Hall–Kier alpha value is 0.569. The molecule has 3 saturated carbocycles. The SMILES string of the molecule is C=CCCCCC1(C)CCC2C(C(SO)CC3CCCCC32C)C1CC[Se].CC.CC. The van der Waals surface area contributed by atoms with Gasteiger partial charge in [0.05, 0.1) is 0 Å². The van der Waals surface area contributed by atoms with Gasteiger partial charge in [0.15, 0.2) is 0 Å². The number of fused-ring (bicyclic) bond motifs is 3. The summed E-state index contributed by atoms with van der Waals surface area (Å²) in [6, 6.07) is 0. The smallest absolute Gasteiger partial charge is 0.0683 e. The average Bonchev–Trinajstić information content (AvgIpc) is 2.80. The van der Waals surface area contributed by atoms with Gasteiger partial charge in [-0.15, -0.1) is 0 Å². The van der Waals surface area contributed by atoms with Crippen molar-refractivity contribution in [2.75, 3.05) is 0 Å². The van der Waals surface area contributed by atoms with Crippen LogP contribution in [0.4, 0.5) is 0 Å². The van der Waals surface area contributed by atoms with E-state index in [2.05, 4.69) is 42.5 Å². The Morgan fingerprint density at radius 1 is 1.06 bits per heavy atom. The molecular weight excluding hydrogens is 463 g/mol. The zero-order valence-electron chi connectivity index (χ0n) is 21.6. The van der Waals surface area contributed by atoms with E-state index in [0.717, 1.165) is 24.2 Å². The fourth-order valence-corrected chi connectivity index (χ4v) is 8.92. The van der Waals surface area contributed by atoms with Gasteiger partial charge >= 0.3 is 181 Å². The van der Waals surface area contributed by atoms with Crippen LogP contribution in [0.5, 0.6) is 0 Å². The molecule has 3 heteroatoms. The van der Waals surface area contributed by atoms with Crippen LogP contribution in [0.1, 0.15) is 119 Å². The number of hydrogen-bond acceptors (Lipinski definition) is 2. The van der Waals surface area contributed by atoms with Crippen LogP contribution in [-0.2, 0) is 0 Å². The summed E-state index contributed by atoms with van der Waals surface area (Å²) in [5.74, 6) is 3.17. The summed E-state index contributed by atoms with van der Waals surface area (Å²) in [7, 11) is 0. The summed E-state index contributed by atoms with van der Waals surface area (Å²) in [5.41, 5.74) is 0.993. The average molecular weight is 517 g/mol. The standard InChI is InChI=1S/C24H41OSSe.2C2H6/c1-4-5-6-8-13-23(2)15-11-20-22(19(23)12-16-27)21(26-25)17-18-10-7-9-14-24(18,20)3;2*1-2/h4,18-22,25H,1,5-17H2,2-3H3;2*1-2H3. The zero-order chi connectivity index (χ0) is 23.5. The van der Waals surface area contributed by atoms with Crippen LogP contribution in [0.3, 0.4) is 0 Å². The molecule has 1 radical (unpaired) electrons. The van der Waals surface area contributed by atoms with Crippen LogP contribution in [0, 0.1) is 34.5 Å². The van der Waals surface area contributed by atoms with Gasteiger partial charge in [-0.25, -0.2) is 0 Å². The zero-order valence-corrected chi connectivity index (χ0v) is 24.2. The van der Waals surface area contributed by atoms with E-state index in [4.69, 9.17) is 0 Å². The Labute approximate surface area is 208 Å². The van der Waals surface area contributed by atoms with Crippen LogP contribution in [0.2, 0.25) is 5.32 Å². The number of unbranched alkanes of at least 4 members (excludes halogenated alkanes) is 2. The minimum absolute atomic E-state index is 0.456. The van der Waals surface area contributed by atoms with E-state index in [1.165, 1.54) is 88.0 Å². The second-order valence-corrected chi connectivity index (χ2v) is 12.0. The first-order chi connectivity index (χ1) is 15.0. The maximum atomic E-state index is 10.3. The van der Waals surface area contributed by atoms with Crippen molar-refractivity contribution < 1.29 is 4.55 Å². The van der Waals surface area contributed by atoms with Crippen molar-refractivity contribution in [3.8, 4) is 0 Å². The van der Waals surface area contributed by atoms with Gasteiger partial charge in [-0.3, -0.25) is 0 Å². The summed E-state index contributed by atoms with van der Waals surface area (Å²) in [6.45, 7) is 17.1. The van der Waals surface area contributed by atoms with E-state index in [-0.39, 0.29) is 0 Å². The fraction of sp³-hybridized carbons (Fsp3) is 0.929. The quantitative estimate of drug-likeness (QED) is 0.150. The van der Waals surface area contributed by atoms with Crippen molar-refractivity contribution >= 4 is 28.1 Å². The normalized spacial score (nSPS) is 39.0. The molecular formula is C28H53OSSe. The monoisotopic (exact) mass is 517 g/mol. The Bertz CT molecular complexity index is 497. The second kappa shape index (κ2) is 14.7. The third-order valence-electron chi connectivity index (χ3n) is 9.07. The molecule has 3 aliphatic carbocycles. The van der Waals surface area contributed by atoms with E-state index in [1.807, 2.05) is 27.7 Å². The molecule has 31 heavy (non-hydrogen) atoms. The minimum atomic E-state index is 0.456. The summed E-state index contributed by atoms with van der Waals surface area (Å²) in [6.07, 6.45) is 18.2. The Morgan fingerprint density at radius 3 is 2.39 bits per heavy atom. The number of hydrogen-bond donors (Lipinski definition) is 1. The van der Waals surface area contributed by atoms with E-state index in [1.54, 1.807) is 0 Å². The predicted octanol–water partition coefficient (Wildman–Crippen LogP) is 9.59. The van der Waals surface area contributed by atoms with Crippen LogP contribution < -0.4 is 0 Å². The van der Waals surface area contributed by atoms with Gasteiger partial charge < -0.3 is 0 Å². The summed E-state index contributed by atoms with van der Waals surface area (Å²) < 4.78 is 10.3. The Kier molecular flexibility index (Phi) is 14.1. The summed E-state index contributed by atoms with van der Waals surface area (Å²) >= 11 is 4.54. The molecule has 0 aromatic heterocycles. The molecule has 0 bridgehead atoms. The van der Waals surface area contributed by atoms with Gasteiger partial charge in [-0.1, -0.05) is 27.7 Å². The largest absolute Gasteiger partial charge is 0.0683 e. The molecule has 0 spiro atoms. The molecule has 1 N–H and O–H groups in total. The van der Waals surface area contributed by atoms with E-state index >= 15 is 0 Å². The van der Waals surface area contributed by atoms with Crippen molar-refractivity contribution in [1.29, 1.82) is 0 Å². The van der Waals surface area contributed by atoms with Gasteiger partial charge in [0.2, 0.25) is 0 Å². The number of rotatable bonds is 8. The van der Waals surface area contributed by atoms with Crippen molar-refractivity contribution in [1.82, 2.24) is 0 Å². The first-order valence-electron chi connectivity index (χ1n) is 13.5. The maximum absolute atomic E-state index is 10.3. The molecule has 0 saturated heterocycles. The van der Waals surface area contributed by atoms with Gasteiger partial charge in [-0.2, -0.15) is 0 Å². The van der Waals surface area contributed by atoms with Gasteiger partial charge in [-0.05, 0) is 0 Å². The molecule has 1 nitrogen and oxygen atoms in total. The maximum Gasteiger partial charge on any atom is -0.0683 e. The van der Waals surface area contributed by atoms with Crippen molar-refractivity contribution in [2.45, 2.75) is 129 Å². The van der Waals surface area contributed by atoms with E-state index in [0.29, 0.717) is 22.0 Å². The fourth-order valence-electron chi connectivity index (χ4n) is 7.55. The third kappa shape index (κ3) is 6.80. The molecule has 7 atom stereocenters. The van der Waals surface area contributed by atoms with Gasteiger partial charge in [0.1, 0.15) is 0 Å². The first kappa shape index (κ1) is 29.6. The molecule has 0 heterocycles. The molecule has 3 fully saturated rings. The van der Waals surface area contributed by atoms with Gasteiger partial charge in [0.25, 0.3) is 0 Å².